The molecular weight excluding hydrogens is 314 g/mol. The van der Waals surface area contributed by atoms with Crippen LogP contribution in [-0.2, 0) is 21.2 Å². The predicted molar refractivity (Wildman–Crippen MR) is 80.6 cm³/mol. The molecule has 0 bridgehead atoms. The third-order valence-corrected chi connectivity index (χ3v) is 3.75. The van der Waals surface area contributed by atoms with Crippen molar-refractivity contribution >= 4 is 33.1 Å². The van der Waals surface area contributed by atoms with E-state index < -0.39 is 21.5 Å². The number of hydrogen-bond donors (Lipinski definition) is 0. The van der Waals surface area contributed by atoms with Crippen LogP contribution in [0.3, 0.4) is 0 Å². The van der Waals surface area contributed by atoms with Gasteiger partial charge < -0.3 is 0 Å². The van der Waals surface area contributed by atoms with Crippen LogP contribution in [0.4, 0.5) is 0 Å². The molecule has 0 saturated carbocycles. The highest BCUT2D eigenvalue weighted by Crippen LogP contribution is 2.20. The van der Waals surface area contributed by atoms with E-state index in [9.17, 15) is 18.0 Å². The highest BCUT2D eigenvalue weighted by Gasteiger charge is 2.18. The predicted octanol–water partition coefficient (Wildman–Crippen LogP) is 1.51. The molecule has 0 aliphatic rings. The lowest BCUT2D eigenvalue weighted by Gasteiger charge is -2.16. The van der Waals surface area contributed by atoms with Crippen molar-refractivity contribution in [2.75, 3.05) is 12.0 Å². The Kier molecular flexibility index (Phi) is 5.53. The summed E-state index contributed by atoms with van der Waals surface area (Å²) in [6.45, 7) is 1.39. The molecule has 5 nitrogen and oxygen atoms in total. The maximum absolute atomic E-state index is 11.8. The monoisotopic (exact) mass is 327 g/mol. The first-order chi connectivity index (χ1) is 9.64. The van der Waals surface area contributed by atoms with E-state index in [4.69, 9.17) is 18.0 Å². The Morgan fingerprint density at radius 2 is 2.00 bits per heavy atom. The van der Waals surface area contributed by atoms with E-state index >= 15 is 0 Å². The molecule has 1 aromatic carbocycles. The molecule has 1 rings (SSSR count). The summed E-state index contributed by atoms with van der Waals surface area (Å²) in [6, 6.07) is 6.76. The molecule has 1 amide bonds. The number of carbonyl (C=O) groups excluding carboxylic acids is 2. The molecule has 0 aromatic heterocycles. The minimum absolute atomic E-state index is 0.0259. The largest absolute Gasteiger partial charge is 0.295 e. The van der Waals surface area contributed by atoms with Gasteiger partial charge in [-0.15, -0.1) is 0 Å². The first kappa shape index (κ1) is 17.2. The molecule has 0 radical (unpaired) electrons. The third-order valence-electron chi connectivity index (χ3n) is 2.63. The van der Waals surface area contributed by atoms with Crippen molar-refractivity contribution < 1.29 is 18.0 Å². The summed E-state index contributed by atoms with van der Waals surface area (Å²) in [4.78, 5) is 24.0. The summed E-state index contributed by atoms with van der Waals surface area (Å²) >= 11 is 6.04. The first-order valence-corrected chi connectivity index (χ1v) is 8.31. The minimum atomic E-state index is -3.46. The molecule has 1 aromatic rings. The Bertz CT molecular complexity index is 719. The zero-order chi connectivity index (χ0) is 16.2. The first-order valence-electron chi connectivity index (χ1n) is 5.87. The fourth-order valence-electron chi connectivity index (χ4n) is 1.57. The van der Waals surface area contributed by atoms with Gasteiger partial charge >= 0.3 is 0 Å². The standard InChI is InChI=1S/C14H14ClNO4S/c1-4-16(14(18)9-21(3,19)20)8-12-6-5-11(10(2)17)7-13(12)15/h1,5-7H,8-9H2,2-3H3. The van der Waals surface area contributed by atoms with Crippen molar-refractivity contribution in [2.45, 2.75) is 13.5 Å². The lowest BCUT2D eigenvalue weighted by atomic mass is 10.1. The van der Waals surface area contributed by atoms with E-state index in [2.05, 4.69) is 6.04 Å². The van der Waals surface area contributed by atoms with Gasteiger partial charge in [-0.2, -0.15) is 0 Å². The summed E-state index contributed by atoms with van der Waals surface area (Å²) in [5.41, 5.74) is 0.972. The summed E-state index contributed by atoms with van der Waals surface area (Å²) in [6.07, 6.45) is 6.18. The molecule has 0 fully saturated rings. The number of Topliss-reactive ketones (excluding diaryl/α,β-unsaturated/α-hetero) is 1. The summed E-state index contributed by atoms with van der Waals surface area (Å²) in [5.74, 6) is -1.50. The molecule has 0 spiro atoms. The second-order valence-electron chi connectivity index (χ2n) is 4.54. The van der Waals surface area contributed by atoms with Crippen molar-refractivity contribution in [1.29, 1.82) is 0 Å². The van der Waals surface area contributed by atoms with Gasteiger partial charge in [0.1, 0.15) is 5.75 Å². The number of hydrogen-bond acceptors (Lipinski definition) is 4. The highest BCUT2D eigenvalue weighted by atomic mass is 35.5. The van der Waals surface area contributed by atoms with Crippen LogP contribution < -0.4 is 0 Å². The Morgan fingerprint density at radius 1 is 1.38 bits per heavy atom. The molecule has 0 aliphatic carbocycles. The van der Waals surface area contributed by atoms with Crippen molar-refractivity contribution in [3.05, 3.63) is 34.3 Å². The second-order valence-corrected chi connectivity index (χ2v) is 7.09. The van der Waals surface area contributed by atoms with E-state index in [0.717, 1.165) is 11.2 Å². The lowest BCUT2D eigenvalue weighted by Crippen LogP contribution is -2.31. The Morgan fingerprint density at radius 3 is 2.43 bits per heavy atom. The summed E-state index contributed by atoms with van der Waals surface area (Å²) < 4.78 is 22.2. The molecular formula is C14H14ClNO4S. The van der Waals surface area contributed by atoms with E-state index in [0.29, 0.717) is 11.1 Å². The van der Waals surface area contributed by atoms with Crippen LogP contribution in [0.5, 0.6) is 0 Å². The zero-order valence-electron chi connectivity index (χ0n) is 11.6. The lowest BCUT2D eigenvalue weighted by molar-refractivity contribution is -0.125. The van der Waals surface area contributed by atoms with Crippen molar-refractivity contribution in [2.24, 2.45) is 0 Å². The second kappa shape index (κ2) is 6.74. The molecule has 0 saturated heterocycles. The van der Waals surface area contributed by atoms with Crippen LogP contribution in [-0.4, -0.2) is 37.0 Å². The van der Waals surface area contributed by atoms with E-state index in [1.165, 1.54) is 13.0 Å². The van der Waals surface area contributed by atoms with Crippen LogP contribution >= 0.6 is 11.6 Å². The fraction of sp³-hybridized carbons (Fsp3) is 0.286. The van der Waals surface area contributed by atoms with Gasteiger partial charge in [0.25, 0.3) is 0 Å². The number of nitrogens with zero attached hydrogens (tertiary/aromatic N) is 1. The summed E-state index contributed by atoms with van der Waals surface area (Å²) in [7, 11) is -3.46. The van der Waals surface area contributed by atoms with Gasteiger partial charge in [-0.05, 0) is 18.6 Å². The number of amides is 1. The van der Waals surface area contributed by atoms with Crippen LogP contribution in [0.1, 0.15) is 22.8 Å². The molecule has 0 heterocycles. The third kappa shape index (κ3) is 5.21. The van der Waals surface area contributed by atoms with E-state index in [1.807, 2.05) is 0 Å². The Hall–Kier alpha value is -1.84. The van der Waals surface area contributed by atoms with E-state index in [1.54, 1.807) is 12.1 Å². The fourth-order valence-corrected chi connectivity index (χ4v) is 2.42. The number of sulfone groups is 1. The highest BCUT2D eigenvalue weighted by molar-refractivity contribution is 7.91. The number of halogens is 1. The van der Waals surface area contributed by atoms with Gasteiger partial charge in [0.15, 0.2) is 15.6 Å². The average Bonchev–Trinajstić information content (AvgIpc) is 2.34. The molecule has 21 heavy (non-hydrogen) atoms. The van der Waals surface area contributed by atoms with Crippen molar-refractivity contribution in [1.82, 2.24) is 4.90 Å². The van der Waals surface area contributed by atoms with Crippen molar-refractivity contribution in [3.63, 3.8) is 0 Å². The van der Waals surface area contributed by atoms with Gasteiger partial charge in [0, 0.05) is 22.9 Å². The molecule has 0 N–H and O–H groups in total. The van der Waals surface area contributed by atoms with E-state index in [-0.39, 0.29) is 17.4 Å². The van der Waals surface area contributed by atoms with Gasteiger partial charge in [-0.3, -0.25) is 14.5 Å². The topological polar surface area (TPSA) is 71.5 Å². The van der Waals surface area contributed by atoms with Gasteiger partial charge in [-0.1, -0.05) is 30.2 Å². The maximum atomic E-state index is 11.8. The Balaban J connectivity index is 2.95. The van der Waals surface area contributed by atoms with Crippen LogP contribution in [0.2, 0.25) is 5.02 Å². The molecule has 112 valence electrons. The van der Waals surface area contributed by atoms with Crippen LogP contribution in [0.25, 0.3) is 0 Å². The molecule has 7 heteroatoms. The molecule has 0 atom stereocenters. The van der Waals surface area contributed by atoms with Gasteiger partial charge in [0.2, 0.25) is 5.91 Å². The normalized spacial score (nSPS) is 10.8. The number of benzene rings is 1. The van der Waals surface area contributed by atoms with Crippen molar-refractivity contribution in [3.8, 4) is 12.5 Å². The molecule has 0 aliphatic heterocycles. The summed E-state index contributed by atoms with van der Waals surface area (Å²) in [5, 5.41) is 0.287. The zero-order valence-corrected chi connectivity index (χ0v) is 13.2. The Labute approximate surface area is 128 Å². The quantitative estimate of drug-likeness (QED) is 0.467. The smallest absolute Gasteiger partial charge is 0.249 e. The SMILES string of the molecule is C#CN(Cc1ccc(C(C)=O)cc1Cl)C(=O)CS(C)(=O)=O. The van der Waals surface area contributed by atoms with Crippen LogP contribution in [0, 0.1) is 12.5 Å². The maximum Gasteiger partial charge on any atom is 0.249 e. The molecule has 0 unspecified atom stereocenters. The average molecular weight is 328 g/mol. The van der Waals surface area contributed by atoms with Gasteiger partial charge in [0.05, 0.1) is 6.54 Å². The van der Waals surface area contributed by atoms with Gasteiger partial charge in [-0.25, -0.2) is 8.42 Å². The minimum Gasteiger partial charge on any atom is -0.295 e. The van der Waals surface area contributed by atoms with Crippen LogP contribution in [0.15, 0.2) is 18.2 Å². The number of ketones is 1. The number of rotatable bonds is 5. The number of carbonyl (C=O) groups is 2. The number of terminal acetylenes is 1.